The molecule has 0 aromatic heterocycles. The number of carbonyl (C=O) groups is 1. The van der Waals surface area contributed by atoms with Crippen molar-refractivity contribution in [3.8, 4) is 0 Å². The van der Waals surface area contributed by atoms with Gasteiger partial charge in [0.2, 0.25) is 0 Å². The summed E-state index contributed by atoms with van der Waals surface area (Å²) >= 11 is 0. The minimum Gasteiger partial charge on any atom is -0.467 e. The van der Waals surface area contributed by atoms with Gasteiger partial charge in [-0.1, -0.05) is 60.7 Å². The summed E-state index contributed by atoms with van der Waals surface area (Å²) in [6, 6.07) is 19.6. The largest absolute Gasteiger partial charge is 0.467 e. The zero-order valence-electron chi connectivity index (χ0n) is 11.9. The van der Waals surface area contributed by atoms with Crippen LogP contribution in [0, 0.1) is 0 Å². The van der Waals surface area contributed by atoms with Crippen LogP contribution in [0.15, 0.2) is 65.7 Å². The first-order chi connectivity index (χ1) is 10.3. The summed E-state index contributed by atoms with van der Waals surface area (Å²) in [5.74, 6) is -0.219. The summed E-state index contributed by atoms with van der Waals surface area (Å²) < 4.78 is 4.92. The minimum atomic E-state index is -0.451. The summed E-state index contributed by atoms with van der Waals surface area (Å²) in [7, 11) is 1.42. The Bertz CT molecular complexity index is 649. The molecule has 0 saturated carbocycles. The maximum Gasteiger partial charge on any atom is 0.331 e. The van der Waals surface area contributed by atoms with Gasteiger partial charge in [0, 0.05) is 11.6 Å². The number of aliphatic imine (C=N–C) groups is 1. The van der Waals surface area contributed by atoms with Gasteiger partial charge < -0.3 is 4.74 Å². The molecule has 0 amide bonds. The van der Waals surface area contributed by atoms with Crippen LogP contribution in [0.25, 0.3) is 0 Å². The Morgan fingerprint density at radius 3 is 2.29 bits per heavy atom. The summed E-state index contributed by atoms with van der Waals surface area (Å²) in [5.41, 5.74) is 3.17. The molecule has 0 N–H and O–H groups in total. The summed E-state index contributed by atoms with van der Waals surface area (Å²) in [6.45, 7) is 0. The summed E-state index contributed by atoms with van der Waals surface area (Å²) in [4.78, 5) is 16.7. The smallest absolute Gasteiger partial charge is 0.331 e. The molecule has 0 saturated heterocycles. The molecule has 1 aliphatic rings. The normalized spacial score (nSPS) is 20.9. The SMILES string of the molecule is COC(=O)[C@H]1N=C(c2ccccc2)C[C@@H]1c1ccccc1. The van der Waals surface area contributed by atoms with E-state index in [9.17, 15) is 4.79 Å². The first kappa shape index (κ1) is 13.6. The Morgan fingerprint density at radius 2 is 1.67 bits per heavy atom. The highest BCUT2D eigenvalue weighted by molar-refractivity contribution is 6.04. The molecule has 0 aliphatic carbocycles. The lowest BCUT2D eigenvalue weighted by Crippen LogP contribution is -2.24. The molecular formula is C18H17NO2. The van der Waals surface area contributed by atoms with Crippen molar-refractivity contribution >= 4 is 11.7 Å². The molecule has 3 rings (SSSR count). The van der Waals surface area contributed by atoms with Crippen LogP contribution in [0.5, 0.6) is 0 Å². The Labute approximate surface area is 124 Å². The summed E-state index contributed by atoms with van der Waals surface area (Å²) in [5, 5.41) is 0. The molecule has 0 bridgehead atoms. The zero-order valence-corrected chi connectivity index (χ0v) is 11.9. The number of nitrogens with zero attached hydrogens (tertiary/aromatic N) is 1. The van der Waals surface area contributed by atoms with E-state index in [0.29, 0.717) is 0 Å². The molecule has 3 nitrogen and oxygen atoms in total. The number of hydrogen-bond acceptors (Lipinski definition) is 3. The Kier molecular flexibility index (Phi) is 3.82. The topological polar surface area (TPSA) is 38.7 Å². The number of esters is 1. The minimum absolute atomic E-state index is 0.0499. The van der Waals surface area contributed by atoms with Crippen molar-refractivity contribution in [1.29, 1.82) is 0 Å². The number of methoxy groups -OCH3 is 1. The molecule has 1 aliphatic heterocycles. The van der Waals surface area contributed by atoms with Gasteiger partial charge in [0.05, 0.1) is 7.11 Å². The Morgan fingerprint density at radius 1 is 1.05 bits per heavy atom. The molecule has 0 spiro atoms. The standard InChI is InChI=1S/C18H17NO2/c1-21-18(20)17-15(13-8-4-2-5-9-13)12-16(19-17)14-10-6-3-7-11-14/h2-11,15,17H,12H2,1H3/t15-,17+/m1/s1. The number of hydrogen-bond donors (Lipinski definition) is 0. The van der Waals surface area contributed by atoms with E-state index in [1.165, 1.54) is 7.11 Å². The molecule has 2 aromatic rings. The van der Waals surface area contributed by atoms with E-state index < -0.39 is 6.04 Å². The molecule has 0 radical (unpaired) electrons. The van der Waals surface area contributed by atoms with Gasteiger partial charge in [-0.2, -0.15) is 0 Å². The number of benzene rings is 2. The molecule has 0 fully saturated rings. The van der Waals surface area contributed by atoms with Crippen molar-refractivity contribution in [2.24, 2.45) is 4.99 Å². The van der Waals surface area contributed by atoms with Gasteiger partial charge in [-0.05, 0) is 17.5 Å². The highest BCUT2D eigenvalue weighted by atomic mass is 16.5. The predicted molar refractivity (Wildman–Crippen MR) is 82.6 cm³/mol. The maximum atomic E-state index is 12.0. The van der Waals surface area contributed by atoms with E-state index in [0.717, 1.165) is 23.3 Å². The molecule has 3 heteroatoms. The maximum absolute atomic E-state index is 12.0. The van der Waals surface area contributed by atoms with Crippen molar-refractivity contribution in [3.63, 3.8) is 0 Å². The van der Waals surface area contributed by atoms with E-state index in [1.807, 2.05) is 60.7 Å². The van der Waals surface area contributed by atoms with Crippen LogP contribution >= 0.6 is 0 Å². The van der Waals surface area contributed by atoms with Crippen LogP contribution in [-0.2, 0) is 9.53 Å². The second kappa shape index (κ2) is 5.92. The van der Waals surface area contributed by atoms with Gasteiger partial charge in [-0.15, -0.1) is 0 Å². The van der Waals surface area contributed by atoms with Crippen LogP contribution in [0.2, 0.25) is 0 Å². The number of carbonyl (C=O) groups excluding carboxylic acids is 1. The Hall–Kier alpha value is -2.42. The van der Waals surface area contributed by atoms with Crippen LogP contribution in [0.3, 0.4) is 0 Å². The molecule has 2 atom stereocenters. The highest BCUT2D eigenvalue weighted by Gasteiger charge is 2.36. The fraction of sp³-hybridized carbons (Fsp3) is 0.222. The molecular weight excluding hydrogens is 262 g/mol. The third kappa shape index (κ3) is 2.72. The predicted octanol–water partition coefficient (Wildman–Crippen LogP) is 3.20. The van der Waals surface area contributed by atoms with Crippen molar-refractivity contribution in [3.05, 3.63) is 71.8 Å². The summed E-state index contributed by atoms with van der Waals surface area (Å²) in [6.07, 6.45) is 0.758. The monoisotopic (exact) mass is 279 g/mol. The lowest BCUT2D eigenvalue weighted by Gasteiger charge is -2.16. The third-order valence-electron chi connectivity index (χ3n) is 3.87. The van der Waals surface area contributed by atoms with E-state index in [1.54, 1.807) is 0 Å². The number of ether oxygens (including phenoxy) is 1. The van der Waals surface area contributed by atoms with E-state index in [4.69, 9.17) is 4.74 Å². The lowest BCUT2D eigenvalue weighted by molar-refractivity contribution is -0.142. The average molecular weight is 279 g/mol. The van der Waals surface area contributed by atoms with Crippen LogP contribution in [-0.4, -0.2) is 24.8 Å². The van der Waals surface area contributed by atoms with E-state index in [2.05, 4.69) is 4.99 Å². The lowest BCUT2D eigenvalue weighted by atomic mass is 9.89. The highest BCUT2D eigenvalue weighted by Crippen LogP contribution is 2.34. The third-order valence-corrected chi connectivity index (χ3v) is 3.87. The van der Waals surface area contributed by atoms with E-state index >= 15 is 0 Å². The molecule has 106 valence electrons. The zero-order chi connectivity index (χ0) is 14.7. The van der Waals surface area contributed by atoms with Gasteiger partial charge in [0.25, 0.3) is 0 Å². The second-order valence-corrected chi connectivity index (χ2v) is 5.13. The first-order valence-electron chi connectivity index (χ1n) is 7.04. The van der Waals surface area contributed by atoms with Crippen molar-refractivity contribution < 1.29 is 9.53 Å². The van der Waals surface area contributed by atoms with Crippen molar-refractivity contribution in [2.45, 2.75) is 18.4 Å². The van der Waals surface area contributed by atoms with Crippen LogP contribution in [0.4, 0.5) is 0 Å². The van der Waals surface area contributed by atoms with E-state index in [-0.39, 0.29) is 11.9 Å². The Balaban J connectivity index is 1.95. The van der Waals surface area contributed by atoms with Gasteiger partial charge in [-0.3, -0.25) is 4.99 Å². The van der Waals surface area contributed by atoms with Gasteiger partial charge in [0.15, 0.2) is 6.04 Å². The molecule has 2 aromatic carbocycles. The van der Waals surface area contributed by atoms with Crippen molar-refractivity contribution in [1.82, 2.24) is 0 Å². The molecule has 21 heavy (non-hydrogen) atoms. The first-order valence-corrected chi connectivity index (χ1v) is 7.04. The molecule has 0 unspecified atom stereocenters. The number of rotatable bonds is 3. The molecule has 1 heterocycles. The quantitative estimate of drug-likeness (QED) is 0.809. The van der Waals surface area contributed by atoms with Crippen molar-refractivity contribution in [2.75, 3.05) is 7.11 Å². The second-order valence-electron chi connectivity index (χ2n) is 5.13. The van der Waals surface area contributed by atoms with Crippen LogP contribution in [0.1, 0.15) is 23.5 Å². The van der Waals surface area contributed by atoms with Gasteiger partial charge in [0.1, 0.15) is 0 Å². The van der Waals surface area contributed by atoms with Gasteiger partial charge in [-0.25, -0.2) is 4.79 Å². The average Bonchev–Trinajstić information content (AvgIpc) is 3.01. The van der Waals surface area contributed by atoms with Crippen LogP contribution < -0.4 is 0 Å². The fourth-order valence-electron chi connectivity index (χ4n) is 2.79. The fourth-order valence-corrected chi connectivity index (χ4v) is 2.79. The van der Waals surface area contributed by atoms with Gasteiger partial charge >= 0.3 is 5.97 Å².